The van der Waals surface area contributed by atoms with Crippen molar-refractivity contribution >= 4 is 29.7 Å². The minimum atomic E-state index is -1.25. The number of hydrogen-bond acceptors (Lipinski definition) is 5. The number of carbonyl (C=O) groups is 3. The third-order valence-corrected chi connectivity index (χ3v) is 3.93. The first-order chi connectivity index (χ1) is 11.3. The number of nitrogens with zero attached hydrogens (tertiary/aromatic N) is 3. The van der Waals surface area contributed by atoms with Gasteiger partial charge in [-0.05, 0) is 12.1 Å². The Hall–Kier alpha value is -3.04. The third kappa shape index (κ3) is 2.45. The summed E-state index contributed by atoms with van der Waals surface area (Å²) >= 11 is 0. The van der Waals surface area contributed by atoms with Crippen molar-refractivity contribution in [2.75, 3.05) is 30.4 Å². The van der Waals surface area contributed by atoms with Crippen LogP contribution in [0, 0.1) is 5.82 Å². The number of halogens is 1. The number of cyclic esters (lactones) is 2. The van der Waals surface area contributed by atoms with Gasteiger partial charge in [0.15, 0.2) is 6.23 Å². The molecule has 1 unspecified atom stereocenters. The largest absolute Gasteiger partial charge is 0.465 e. The van der Waals surface area contributed by atoms with Crippen LogP contribution in [-0.2, 0) is 16.1 Å². The topological polar surface area (TPSA) is 99.6 Å². The van der Waals surface area contributed by atoms with Gasteiger partial charge in [0.25, 0.3) is 0 Å². The molecule has 2 aliphatic heterocycles. The molecule has 3 amide bonds. The van der Waals surface area contributed by atoms with E-state index in [1.54, 1.807) is 0 Å². The highest BCUT2D eigenvalue weighted by Crippen LogP contribution is 2.34. The summed E-state index contributed by atoms with van der Waals surface area (Å²) in [6.45, 7) is -0.194. The van der Waals surface area contributed by atoms with Gasteiger partial charge in [0.1, 0.15) is 12.4 Å². The number of rotatable bonds is 2. The number of likely N-dealkylation sites (N-methyl/N-ethyl adjacent to an activating group) is 1. The molecule has 1 aromatic carbocycles. The van der Waals surface area contributed by atoms with Gasteiger partial charge in [-0.1, -0.05) is 0 Å². The number of ether oxygens (including phenoxy) is 2. The standard InChI is InChI=1S/C14H14FN3O6/c1-16(12(19)20)10-5-18(14(22)24-10)8-3-7-6-23-13(21)17(2)11(7)9(15)4-8/h3-4,10H,5-6H2,1-2H3,(H,19,20). The zero-order valence-corrected chi connectivity index (χ0v) is 12.9. The van der Waals surface area contributed by atoms with Crippen molar-refractivity contribution in [2.24, 2.45) is 0 Å². The van der Waals surface area contributed by atoms with Crippen molar-refractivity contribution in [3.05, 3.63) is 23.5 Å². The molecule has 24 heavy (non-hydrogen) atoms. The van der Waals surface area contributed by atoms with Crippen LogP contribution in [0.1, 0.15) is 5.56 Å². The molecule has 1 fully saturated rings. The van der Waals surface area contributed by atoms with E-state index in [0.717, 1.165) is 20.8 Å². The highest BCUT2D eigenvalue weighted by atomic mass is 19.1. The Morgan fingerprint density at radius 1 is 1.38 bits per heavy atom. The van der Waals surface area contributed by atoms with E-state index in [1.165, 1.54) is 20.2 Å². The number of benzene rings is 1. The number of amides is 3. The van der Waals surface area contributed by atoms with Gasteiger partial charge in [-0.2, -0.15) is 0 Å². The second kappa shape index (κ2) is 5.55. The molecular weight excluding hydrogens is 325 g/mol. The predicted molar refractivity (Wildman–Crippen MR) is 78.4 cm³/mol. The van der Waals surface area contributed by atoms with Gasteiger partial charge in [-0.15, -0.1) is 0 Å². The molecule has 2 aliphatic rings. The molecule has 3 rings (SSSR count). The fourth-order valence-electron chi connectivity index (χ4n) is 2.59. The van der Waals surface area contributed by atoms with E-state index in [1.807, 2.05) is 0 Å². The van der Waals surface area contributed by atoms with Crippen LogP contribution in [0.2, 0.25) is 0 Å². The highest BCUT2D eigenvalue weighted by Gasteiger charge is 2.38. The first-order valence-electron chi connectivity index (χ1n) is 6.96. The molecular formula is C14H14FN3O6. The van der Waals surface area contributed by atoms with Gasteiger partial charge in [-0.3, -0.25) is 14.7 Å². The van der Waals surface area contributed by atoms with Gasteiger partial charge >= 0.3 is 18.3 Å². The van der Waals surface area contributed by atoms with Crippen molar-refractivity contribution in [3.8, 4) is 0 Å². The maximum absolute atomic E-state index is 14.4. The van der Waals surface area contributed by atoms with Gasteiger partial charge < -0.3 is 14.6 Å². The normalized spacial score (nSPS) is 19.7. The maximum atomic E-state index is 14.4. The monoisotopic (exact) mass is 339 g/mol. The molecule has 0 radical (unpaired) electrons. The molecule has 0 aliphatic carbocycles. The Morgan fingerprint density at radius 2 is 2.08 bits per heavy atom. The fraction of sp³-hybridized carbons (Fsp3) is 0.357. The SMILES string of the molecule is CN1C(=O)OCc2cc(N3CC(N(C)C(=O)O)OC3=O)cc(F)c21. The van der Waals surface area contributed by atoms with Crippen LogP contribution < -0.4 is 9.80 Å². The molecule has 0 aromatic heterocycles. The van der Waals surface area contributed by atoms with Crippen LogP contribution in [0.4, 0.5) is 30.1 Å². The molecule has 0 spiro atoms. The zero-order chi connectivity index (χ0) is 17.6. The second-order valence-corrected chi connectivity index (χ2v) is 5.39. The van der Waals surface area contributed by atoms with E-state index >= 15 is 0 Å². The molecule has 0 saturated carbocycles. The molecule has 1 saturated heterocycles. The lowest BCUT2D eigenvalue weighted by Gasteiger charge is -2.27. The Kier molecular flexibility index (Phi) is 3.66. The first-order valence-corrected chi connectivity index (χ1v) is 6.96. The summed E-state index contributed by atoms with van der Waals surface area (Å²) in [5.74, 6) is -0.690. The van der Waals surface area contributed by atoms with Crippen LogP contribution in [0.3, 0.4) is 0 Å². The van der Waals surface area contributed by atoms with E-state index in [4.69, 9.17) is 14.6 Å². The van der Waals surface area contributed by atoms with Crippen molar-refractivity contribution in [1.29, 1.82) is 0 Å². The summed E-state index contributed by atoms with van der Waals surface area (Å²) in [5, 5.41) is 8.94. The molecule has 0 bridgehead atoms. The van der Waals surface area contributed by atoms with Crippen molar-refractivity contribution < 1.29 is 33.4 Å². The minimum Gasteiger partial charge on any atom is -0.465 e. The van der Waals surface area contributed by atoms with E-state index in [2.05, 4.69) is 0 Å². The summed E-state index contributed by atoms with van der Waals surface area (Å²) in [5.41, 5.74) is 0.681. The number of hydrogen-bond donors (Lipinski definition) is 1. The van der Waals surface area contributed by atoms with Gasteiger partial charge in [0.2, 0.25) is 0 Å². The average Bonchev–Trinajstić information content (AvgIpc) is 2.91. The maximum Gasteiger partial charge on any atom is 0.416 e. The summed E-state index contributed by atoms with van der Waals surface area (Å²) in [7, 11) is 2.65. The number of carbonyl (C=O) groups excluding carboxylic acids is 2. The van der Waals surface area contributed by atoms with E-state index in [0.29, 0.717) is 5.56 Å². The lowest BCUT2D eigenvalue weighted by Crippen LogP contribution is -2.39. The molecule has 9 nitrogen and oxygen atoms in total. The summed E-state index contributed by atoms with van der Waals surface area (Å²) in [4.78, 5) is 37.4. The first kappa shape index (κ1) is 15.8. The van der Waals surface area contributed by atoms with Crippen LogP contribution >= 0.6 is 0 Å². The fourth-order valence-corrected chi connectivity index (χ4v) is 2.59. The molecule has 2 heterocycles. The Labute approximate surface area is 135 Å². The van der Waals surface area contributed by atoms with Gasteiger partial charge in [0, 0.05) is 19.7 Å². The highest BCUT2D eigenvalue weighted by molar-refractivity contribution is 5.93. The molecule has 1 atom stereocenters. The molecule has 1 N–H and O–H groups in total. The Morgan fingerprint density at radius 3 is 2.75 bits per heavy atom. The quantitative estimate of drug-likeness (QED) is 0.882. The van der Waals surface area contributed by atoms with E-state index in [9.17, 15) is 18.8 Å². The van der Waals surface area contributed by atoms with Crippen molar-refractivity contribution in [2.45, 2.75) is 12.8 Å². The third-order valence-electron chi connectivity index (χ3n) is 3.93. The van der Waals surface area contributed by atoms with Crippen molar-refractivity contribution in [3.63, 3.8) is 0 Å². The number of fused-ring (bicyclic) bond motifs is 1. The van der Waals surface area contributed by atoms with Crippen LogP contribution in [0.5, 0.6) is 0 Å². The Balaban J connectivity index is 1.91. The average molecular weight is 339 g/mol. The zero-order valence-electron chi connectivity index (χ0n) is 12.9. The van der Waals surface area contributed by atoms with Gasteiger partial charge in [-0.25, -0.2) is 18.8 Å². The lowest BCUT2D eigenvalue weighted by atomic mass is 10.1. The predicted octanol–water partition coefficient (Wildman–Crippen LogP) is 1.80. The summed E-state index contributed by atoms with van der Waals surface area (Å²) in [6.07, 6.45) is -3.69. The number of carboxylic acid groups (broad SMARTS) is 1. The van der Waals surface area contributed by atoms with Crippen LogP contribution in [0.15, 0.2) is 12.1 Å². The van der Waals surface area contributed by atoms with Gasteiger partial charge in [0.05, 0.1) is 17.9 Å². The molecule has 128 valence electrons. The summed E-state index contributed by atoms with van der Waals surface area (Å²) in [6, 6.07) is 2.60. The van der Waals surface area contributed by atoms with E-state index < -0.39 is 30.3 Å². The number of anilines is 2. The molecule has 1 aromatic rings. The lowest BCUT2D eigenvalue weighted by molar-refractivity contribution is 0.0415. The van der Waals surface area contributed by atoms with Crippen LogP contribution in [0.25, 0.3) is 0 Å². The minimum absolute atomic E-state index is 0.0739. The van der Waals surface area contributed by atoms with Crippen LogP contribution in [-0.4, -0.2) is 55.2 Å². The Bertz CT molecular complexity index is 739. The molecule has 10 heteroatoms. The van der Waals surface area contributed by atoms with E-state index in [-0.39, 0.29) is 24.5 Å². The summed E-state index contributed by atoms with van der Waals surface area (Å²) < 4.78 is 24.3. The second-order valence-electron chi connectivity index (χ2n) is 5.39. The smallest absolute Gasteiger partial charge is 0.416 e. The van der Waals surface area contributed by atoms with Crippen molar-refractivity contribution in [1.82, 2.24) is 4.90 Å².